The van der Waals surface area contributed by atoms with E-state index in [0.717, 1.165) is 42.0 Å². The number of benzene rings is 1. The minimum atomic E-state index is -1.35. The lowest BCUT2D eigenvalue weighted by Crippen LogP contribution is -2.58. The molecule has 0 radical (unpaired) electrons. The first-order valence-electron chi connectivity index (χ1n) is 14.3. The zero-order valence-corrected chi connectivity index (χ0v) is 26.6. The van der Waals surface area contributed by atoms with Crippen molar-refractivity contribution in [1.82, 2.24) is 10.2 Å². The topological polar surface area (TPSA) is 81.8 Å². The fraction of sp³-hybridized carbons (Fsp3) is 0.529. The van der Waals surface area contributed by atoms with E-state index in [0.29, 0.717) is 17.6 Å². The van der Waals surface area contributed by atoms with Crippen LogP contribution < -0.4 is 11.1 Å². The molecule has 0 amide bonds. The summed E-state index contributed by atoms with van der Waals surface area (Å²) < 4.78 is 0. The van der Waals surface area contributed by atoms with E-state index in [2.05, 4.69) is 58.5 Å². The Morgan fingerprint density at radius 3 is 2.42 bits per heavy atom. The molecule has 4 atom stereocenters. The van der Waals surface area contributed by atoms with Crippen LogP contribution in [-0.4, -0.2) is 53.7 Å². The van der Waals surface area contributed by atoms with Crippen molar-refractivity contribution >= 4 is 17.3 Å². The SMILES string of the molecule is C=C(N)C1=C(O)C(N(C)C)C2CC3Cc4c(CNCC(C)(C)C)cc(CSC)c(C)c4C(=C)C3=C(C)C2(O)C1=C. The summed E-state index contributed by atoms with van der Waals surface area (Å²) in [5.74, 6) is 0.996. The highest BCUT2D eigenvalue weighted by Gasteiger charge is 2.57. The number of likely N-dealkylation sites (N-methyl/N-ethyl adjacent to an activating group) is 1. The second-order valence-corrected chi connectivity index (χ2v) is 14.3. The number of nitrogens with one attached hydrogen (secondary N) is 1. The third-order valence-electron chi connectivity index (χ3n) is 9.26. The summed E-state index contributed by atoms with van der Waals surface area (Å²) in [6.07, 6.45) is 3.73. The zero-order chi connectivity index (χ0) is 29.9. The molecule has 6 heteroatoms. The number of allylic oxidation sites excluding steroid dienone is 3. The standard InChI is InChI=1S/C34H49N3O2S/c1-18-25(16-40-11)12-24(15-36-17-33(6,7)8)26-13-23-14-27-31(37(9)10)32(38)30(22(5)35)21(4)34(27,39)20(3)29(23)19(2)28(18)26/h12,23,27,31,36,38-39H,2,4-5,13-17,35H2,1,3,6-11H3. The lowest BCUT2D eigenvalue weighted by molar-refractivity contribution is -0.0178. The van der Waals surface area contributed by atoms with Crippen LogP contribution in [0.15, 0.2) is 59.6 Å². The van der Waals surface area contributed by atoms with Crippen molar-refractivity contribution in [2.75, 3.05) is 26.9 Å². The highest BCUT2D eigenvalue weighted by molar-refractivity contribution is 7.97. The van der Waals surface area contributed by atoms with Gasteiger partial charge in [0, 0.05) is 36.0 Å². The maximum Gasteiger partial charge on any atom is 0.119 e. The molecule has 4 unspecified atom stereocenters. The average molecular weight is 564 g/mol. The molecule has 218 valence electrons. The molecule has 0 saturated heterocycles. The number of hydrogen-bond acceptors (Lipinski definition) is 6. The predicted octanol–water partition coefficient (Wildman–Crippen LogP) is 6.03. The van der Waals surface area contributed by atoms with E-state index < -0.39 is 11.6 Å². The maximum absolute atomic E-state index is 12.6. The normalized spacial score (nSPS) is 26.7. The second kappa shape index (κ2) is 10.9. The molecule has 0 aromatic heterocycles. The van der Waals surface area contributed by atoms with Crippen LogP contribution >= 0.6 is 11.8 Å². The Bertz CT molecular complexity index is 1330. The van der Waals surface area contributed by atoms with Crippen LogP contribution in [0.25, 0.3) is 5.57 Å². The quantitative estimate of drug-likeness (QED) is 0.324. The van der Waals surface area contributed by atoms with Crippen molar-refractivity contribution in [3.8, 4) is 0 Å². The largest absolute Gasteiger partial charge is 0.510 e. The summed E-state index contributed by atoms with van der Waals surface area (Å²) >= 11 is 1.83. The molecule has 3 aliphatic rings. The van der Waals surface area contributed by atoms with Crippen molar-refractivity contribution in [3.05, 3.63) is 87.4 Å². The van der Waals surface area contributed by atoms with Gasteiger partial charge in [0.05, 0.1) is 6.04 Å². The molecule has 0 spiro atoms. The van der Waals surface area contributed by atoms with E-state index in [1.807, 2.05) is 37.7 Å². The van der Waals surface area contributed by atoms with Crippen LogP contribution in [0.4, 0.5) is 0 Å². The summed E-state index contributed by atoms with van der Waals surface area (Å²) in [6, 6.07) is 1.99. The van der Waals surface area contributed by atoms with Crippen LogP contribution in [0.3, 0.4) is 0 Å². The van der Waals surface area contributed by atoms with Gasteiger partial charge in [0.25, 0.3) is 0 Å². The van der Waals surface area contributed by atoms with Crippen LogP contribution in [0.5, 0.6) is 0 Å². The molecule has 1 aromatic rings. The summed E-state index contributed by atoms with van der Waals surface area (Å²) in [5, 5.41) is 27.7. The van der Waals surface area contributed by atoms with Crippen LogP contribution in [0.2, 0.25) is 0 Å². The smallest absolute Gasteiger partial charge is 0.119 e. The van der Waals surface area contributed by atoms with Crippen molar-refractivity contribution in [2.24, 2.45) is 23.0 Å². The Hall–Kier alpha value is -2.25. The summed E-state index contributed by atoms with van der Waals surface area (Å²) in [6.45, 7) is 25.6. The Labute approximate surface area is 246 Å². The van der Waals surface area contributed by atoms with Crippen molar-refractivity contribution in [3.63, 3.8) is 0 Å². The first-order valence-corrected chi connectivity index (χ1v) is 15.7. The van der Waals surface area contributed by atoms with Gasteiger partial charge in [-0.15, -0.1) is 0 Å². The zero-order valence-electron chi connectivity index (χ0n) is 25.8. The molecule has 40 heavy (non-hydrogen) atoms. The Balaban J connectivity index is 1.90. The van der Waals surface area contributed by atoms with Gasteiger partial charge in [0.1, 0.15) is 11.4 Å². The first-order chi connectivity index (χ1) is 18.6. The minimum absolute atomic E-state index is 0.146. The third kappa shape index (κ3) is 4.91. The monoisotopic (exact) mass is 563 g/mol. The van der Waals surface area contributed by atoms with Gasteiger partial charge in [-0.25, -0.2) is 0 Å². The maximum atomic E-state index is 12.6. The molecule has 1 aromatic carbocycles. The van der Waals surface area contributed by atoms with E-state index in [1.165, 1.54) is 27.8 Å². The number of fused-ring (bicyclic) bond motifs is 3. The Kier molecular flexibility index (Phi) is 8.34. The highest BCUT2D eigenvalue weighted by Crippen LogP contribution is 2.58. The van der Waals surface area contributed by atoms with Crippen molar-refractivity contribution in [2.45, 2.75) is 71.4 Å². The van der Waals surface area contributed by atoms with Crippen molar-refractivity contribution in [1.29, 1.82) is 0 Å². The number of hydrogen-bond donors (Lipinski definition) is 4. The lowest BCUT2D eigenvalue weighted by atomic mass is 9.55. The number of nitrogens with zero attached hydrogens (tertiary/aromatic N) is 1. The van der Waals surface area contributed by atoms with E-state index >= 15 is 0 Å². The van der Waals surface area contributed by atoms with E-state index in [1.54, 1.807) is 0 Å². The van der Waals surface area contributed by atoms with Gasteiger partial charge in [-0.3, -0.25) is 4.90 Å². The summed E-state index contributed by atoms with van der Waals surface area (Å²) in [7, 11) is 3.87. The molecule has 0 heterocycles. The van der Waals surface area contributed by atoms with Crippen LogP contribution in [0, 0.1) is 24.2 Å². The fourth-order valence-corrected chi connectivity index (χ4v) is 8.12. The molecule has 0 aliphatic heterocycles. The van der Waals surface area contributed by atoms with Gasteiger partial charge < -0.3 is 21.3 Å². The number of nitrogens with two attached hydrogens (primary N) is 1. The lowest BCUT2D eigenvalue weighted by Gasteiger charge is -2.54. The summed E-state index contributed by atoms with van der Waals surface area (Å²) in [5.41, 5.74) is 15.6. The fourth-order valence-electron chi connectivity index (χ4n) is 7.51. The predicted molar refractivity (Wildman–Crippen MR) is 171 cm³/mol. The molecular weight excluding hydrogens is 514 g/mol. The number of rotatable bonds is 7. The average Bonchev–Trinajstić information content (AvgIpc) is 2.83. The second-order valence-electron chi connectivity index (χ2n) is 13.5. The number of aliphatic hydroxyl groups excluding tert-OH is 1. The van der Waals surface area contributed by atoms with Gasteiger partial charge in [-0.1, -0.05) is 46.6 Å². The molecule has 0 fully saturated rings. The number of aliphatic hydroxyl groups is 2. The van der Waals surface area contributed by atoms with Gasteiger partial charge in [0.2, 0.25) is 0 Å². The Morgan fingerprint density at radius 1 is 1.23 bits per heavy atom. The number of thioether (sulfide) groups is 1. The van der Waals surface area contributed by atoms with Gasteiger partial charge >= 0.3 is 0 Å². The third-order valence-corrected chi connectivity index (χ3v) is 9.86. The molecule has 5 nitrogen and oxygen atoms in total. The van der Waals surface area contributed by atoms with E-state index in [-0.39, 0.29) is 28.7 Å². The van der Waals surface area contributed by atoms with Crippen LogP contribution in [-0.2, 0) is 18.7 Å². The first kappa shape index (κ1) is 30.7. The molecule has 5 N–H and O–H groups in total. The molecule has 4 rings (SSSR count). The molecular formula is C34H49N3O2S. The molecule has 0 saturated carbocycles. The van der Waals surface area contributed by atoms with Gasteiger partial charge in [-0.05, 0) is 108 Å². The van der Waals surface area contributed by atoms with Gasteiger partial charge in [-0.2, -0.15) is 11.8 Å². The van der Waals surface area contributed by atoms with E-state index in [9.17, 15) is 10.2 Å². The minimum Gasteiger partial charge on any atom is -0.510 e. The van der Waals surface area contributed by atoms with Crippen LogP contribution in [0.1, 0.15) is 61.9 Å². The Morgan fingerprint density at radius 2 is 1.88 bits per heavy atom. The van der Waals surface area contributed by atoms with Gasteiger partial charge in [0.15, 0.2) is 0 Å². The molecule has 0 bridgehead atoms. The highest BCUT2D eigenvalue weighted by atomic mass is 32.2. The van der Waals surface area contributed by atoms with E-state index in [4.69, 9.17) is 12.3 Å². The molecule has 3 aliphatic carbocycles. The summed E-state index contributed by atoms with van der Waals surface area (Å²) in [4.78, 5) is 1.98. The van der Waals surface area contributed by atoms with Crippen molar-refractivity contribution < 1.29 is 10.2 Å².